The molecule has 0 aliphatic heterocycles. The SMILES string of the molecule is Cc1cc(O)cc(=O)n1C1(C(=O)O)CC1. The van der Waals surface area contributed by atoms with Crippen LogP contribution in [0.4, 0.5) is 0 Å². The van der Waals surface area contributed by atoms with E-state index < -0.39 is 17.1 Å². The summed E-state index contributed by atoms with van der Waals surface area (Å²) in [6, 6.07) is 2.43. The first kappa shape index (κ1) is 9.76. The van der Waals surface area contributed by atoms with Crippen molar-refractivity contribution >= 4 is 5.97 Å². The Bertz CT molecular complexity index is 485. The third kappa shape index (κ3) is 1.31. The number of aliphatic carboxylic acids is 1. The van der Waals surface area contributed by atoms with E-state index in [1.807, 2.05) is 0 Å². The minimum absolute atomic E-state index is 0.130. The van der Waals surface area contributed by atoms with E-state index in [9.17, 15) is 14.7 Å². The van der Waals surface area contributed by atoms with E-state index in [2.05, 4.69) is 0 Å². The van der Waals surface area contributed by atoms with Gasteiger partial charge in [-0.3, -0.25) is 9.36 Å². The molecular weight excluding hydrogens is 198 g/mol. The average Bonchev–Trinajstić information content (AvgIpc) is 2.83. The van der Waals surface area contributed by atoms with E-state index in [0.29, 0.717) is 18.5 Å². The van der Waals surface area contributed by atoms with E-state index in [4.69, 9.17) is 5.11 Å². The van der Waals surface area contributed by atoms with Crippen molar-refractivity contribution in [2.75, 3.05) is 0 Å². The highest BCUT2D eigenvalue weighted by Gasteiger charge is 2.53. The van der Waals surface area contributed by atoms with Crippen LogP contribution in [-0.2, 0) is 10.3 Å². The van der Waals surface area contributed by atoms with Crippen molar-refractivity contribution in [2.24, 2.45) is 0 Å². The predicted molar refractivity (Wildman–Crippen MR) is 51.9 cm³/mol. The summed E-state index contributed by atoms with van der Waals surface area (Å²) < 4.78 is 1.25. The van der Waals surface area contributed by atoms with Crippen molar-refractivity contribution in [3.8, 4) is 5.75 Å². The summed E-state index contributed by atoms with van der Waals surface area (Å²) in [4.78, 5) is 22.6. The predicted octanol–water partition coefficient (Wildman–Crippen LogP) is 0.436. The third-order valence-corrected chi connectivity index (χ3v) is 2.75. The highest BCUT2D eigenvalue weighted by atomic mass is 16.4. The zero-order valence-electron chi connectivity index (χ0n) is 8.23. The topological polar surface area (TPSA) is 79.5 Å². The van der Waals surface area contributed by atoms with Crippen LogP contribution in [0.2, 0.25) is 0 Å². The molecular formula is C10H11NO4. The van der Waals surface area contributed by atoms with Gasteiger partial charge in [-0.2, -0.15) is 0 Å². The number of rotatable bonds is 2. The number of hydrogen-bond donors (Lipinski definition) is 2. The molecule has 2 rings (SSSR count). The van der Waals surface area contributed by atoms with Gasteiger partial charge < -0.3 is 10.2 Å². The maximum atomic E-state index is 11.6. The maximum Gasteiger partial charge on any atom is 0.330 e. The van der Waals surface area contributed by atoms with E-state index in [-0.39, 0.29) is 5.75 Å². The van der Waals surface area contributed by atoms with Crippen LogP contribution in [0.3, 0.4) is 0 Å². The van der Waals surface area contributed by atoms with E-state index in [0.717, 1.165) is 6.07 Å². The molecule has 5 nitrogen and oxygen atoms in total. The molecule has 80 valence electrons. The van der Waals surface area contributed by atoms with Gasteiger partial charge in [-0.05, 0) is 25.8 Å². The number of carboxylic acid groups (broad SMARTS) is 1. The lowest BCUT2D eigenvalue weighted by molar-refractivity contribution is -0.142. The number of nitrogens with zero attached hydrogens (tertiary/aromatic N) is 1. The number of pyridine rings is 1. The Labute approximate surface area is 85.6 Å². The molecule has 0 aromatic carbocycles. The lowest BCUT2D eigenvalue weighted by atomic mass is 10.2. The summed E-state index contributed by atoms with van der Waals surface area (Å²) in [6.45, 7) is 1.62. The second-order valence-electron chi connectivity index (χ2n) is 3.87. The summed E-state index contributed by atoms with van der Waals surface area (Å²) in [5.41, 5.74) is -1.07. The Morgan fingerprint density at radius 1 is 1.47 bits per heavy atom. The Balaban J connectivity index is 2.64. The third-order valence-electron chi connectivity index (χ3n) is 2.75. The Morgan fingerprint density at radius 2 is 2.07 bits per heavy atom. The van der Waals surface area contributed by atoms with Gasteiger partial charge >= 0.3 is 5.97 Å². The molecule has 2 N–H and O–H groups in total. The molecule has 1 aromatic heterocycles. The van der Waals surface area contributed by atoms with Crippen molar-refractivity contribution in [1.29, 1.82) is 0 Å². The van der Waals surface area contributed by atoms with Crippen LogP contribution in [0.5, 0.6) is 5.75 Å². The smallest absolute Gasteiger partial charge is 0.330 e. The molecule has 0 spiro atoms. The molecule has 0 amide bonds. The molecule has 1 saturated carbocycles. The van der Waals surface area contributed by atoms with Gasteiger partial charge in [0.15, 0.2) is 0 Å². The highest BCUT2D eigenvalue weighted by Crippen LogP contribution is 2.43. The molecule has 15 heavy (non-hydrogen) atoms. The Hall–Kier alpha value is -1.78. The molecule has 0 radical (unpaired) electrons. The normalized spacial score (nSPS) is 17.4. The number of aromatic nitrogens is 1. The van der Waals surface area contributed by atoms with Gasteiger partial charge in [0.25, 0.3) is 5.56 Å². The van der Waals surface area contributed by atoms with Crippen molar-refractivity contribution in [3.63, 3.8) is 0 Å². The monoisotopic (exact) mass is 209 g/mol. The first-order chi connectivity index (χ1) is 6.97. The quantitative estimate of drug-likeness (QED) is 0.740. The van der Waals surface area contributed by atoms with Crippen LogP contribution >= 0.6 is 0 Å². The minimum atomic E-state index is -1.07. The first-order valence-electron chi connectivity index (χ1n) is 4.64. The van der Waals surface area contributed by atoms with Crippen molar-refractivity contribution < 1.29 is 15.0 Å². The molecule has 0 atom stereocenters. The zero-order valence-corrected chi connectivity index (χ0v) is 8.23. The summed E-state index contributed by atoms with van der Waals surface area (Å²) in [7, 11) is 0. The van der Waals surface area contributed by atoms with Crippen LogP contribution in [0.25, 0.3) is 0 Å². The highest BCUT2D eigenvalue weighted by molar-refractivity contribution is 5.80. The Kier molecular flexibility index (Phi) is 1.86. The first-order valence-corrected chi connectivity index (χ1v) is 4.64. The van der Waals surface area contributed by atoms with E-state index in [1.165, 1.54) is 10.6 Å². The minimum Gasteiger partial charge on any atom is -0.508 e. The molecule has 1 aromatic rings. The molecule has 1 heterocycles. The van der Waals surface area contributed by atoms with Crippen LogP contribution in [0.1, 0.15) is 18.5 Å². The van der Waals surface area contributed by atoms with Crippen LogP contribution < -0.4 is 5.56 Å². The Morgan fingerprint density at radius 3 is 2.47 bits per heavy atom. The largest absolute Gasteiger partial charge is 0.508 e. The number of carboxylic acids is 1. The van der Waals surface area contributed by atoms with Crippen LogP contribution in [0, 0.1) is 6.92 Å². The lowest BCUT2D eigenvalue weighted by Crippen LogP contribution is -2.37. The van der Waals surface area contributed by atoms with E-state index >= 15 is 0 Å². The summed E-state index contributed by atoms with van der Waals surface area (Å²) >= 11 is 0. The van der Waals surface area contributed by atoms with Crippen LogP contribution in [-0.4, -0.2) is 20.7 Å². The zero-order chi connectivity index (χ0) is 11.2. The fraction of sp³-hybridized carbons (Fsp3) is 0.400. The van der Waals surface area contributed by atoms with Crippen molar-refractivity contribution in [2.45, 2.75) is 25.3 Å². The number of aryl methyl sites for hydroxylation is 1. The number of carbonyl (C=O) groups is 1. The molecule has 5 heteroatoms. The van der Waals surface area contributed by atoms with Gasteiger partial charge in [0.1, 0.15) is 11.3 Å². The fourth-order valence-corrected chi connectivity index (χ4v) is 1.89. The van der Waals surface area contributed by atoms with Gasteiger partial charge in [-0.1, -0.05) is 0 Å². The lowest BCUT2D eigenvalue weighted by Gasteiger charge is -2.16. The molecule has 1 aliphatic rings. The second kappa shape index (κ2) is 2.85. The second-order valence-corrected chi connectivity index (χ2v) is 3.87. The average molecular weight is 209 g/mol. The molecule has 1 aliphatic carbocycles. The summed E-state index contributed by atoms with van der Waals surface area (Å²) in [5.74, 6) is -1.12. The van der Waals surface area contributed by atoms with Crippen molar-refractivity contribution in [1.82, 2.24) is 4.57 Å². The molecule has 1 fully saturated rings. The molecule has 0 saturated heterocycles. The fourth-order valence-electron chi connectivity index (χ4n) is 1.89. The summed E-state index contributed by atoms with van der Waals surface area (Å²) in [5, 5.41) is 18.2. The van der Waals surface area contributed by atoms with Gasteiger partial charge in [0, 0.05) is 11.8 Å². The number of aromatic hydroxyl groups is 1. The van der Waals surface area contributed by atoms with Crippen molar-refractivity contribution in [3.05, 3.63) is 28.2 Å². The van der Waals surface area contributed by atoms with E-state index in [1.54, 1.807) is 6.92 Å². The standard InChI is InChI=1S/C10H11NO4/c1-6-4-7(12)5-8(13)11(6)10(2-3-10)9(14)15/h4-5,12H,2-3H2,1H3,(H,14,15). The summed E-state index contributed by atoms with van der Waals surface area (Å²) in [6.07, 6.45) is 0.932. The van der Waals surface area contributed by atoms with Crippen LogP contribution in [0.15, 0.2) is 16.9 Å². The number of hydrogen-bond acceptors (Lipinski definition) is 3. The molecule has 0 bridgehead atoms. The maximum absolute atomic E-state index is 11.6. The van der Waals surface area contributed by atoms with Gasteiger partial charge in [0.05, 0.1) is 0 Å². The van der Waals surface area contributed by atoms with Gasteiger partial charge in [-0.25, -0.2) is 4.79 Å². The molecule has 0 unspecified atom stereocenters. The van der Waals surface area contributed by atoms with Gasteiger partial charge in [0.2, 0.25) is 0 Å². The van der Waals surface area contributed by atoms with Gasteiger partial charge in [-0.15, -0.1) is 0 Å².